The van der Waals surface area contributed by atoms with Crippen LogP contribution in [0.1, 0.15) is 32.1 Å². The molecule has 0 radical (unpaired) electrons. The van der Waals surface area contributed by atoms with Crippen LogP contribution in [0.2, 0.25) is 0 Å². The molecule has 0 spiro atoms. The summed E-state index contributed by atoms with van der Waals surface area (Å²) >= 11 is 5.41. The van der Waals surface area contributed by atoms with Crippen LogP contribution in [0.3, 0.4) is 0 Å². The third-order valence-electron chi connectivity index (χ3n) is 2.40. The Morgan fingerprint density at radius 3 is 2.73 bits per heavy atom. The summed E-state index contributed by atoms with van der Waals surface area (Å²) in [4.78, 5) is 0. The average molecular weight is 175 g/mol. The second kappa shape index (κ2) is 4.78. The van der Waals surface area contributed by atoms with Crippen LogP contribution in [0, 0.1) is 5.92 Å². The minimum absolute atomic E-state index is 0.0865. The lowest BCUT2D eigenvalue weighted by molar-refractivity contribution is 0.0714. The molecule has 0 heterocycles. The van der Waals surface area contributed by atoms with Crippen molar-refractivity contribution < 1.29 is 5.11 Å². The molecule has 0 aromatic carbocycles. The Balaban J connectivity index is 2.29. The molecule has 2 heteroatoms. The van der Waals surface area contributed by atoms with Crippen molar-refractivity contribution in [1.82, 2.24) is 0 Å². The minimum atomic E-state index is -0.0865. The van der Waals surface area contributed by atoms with Crippen molar-refractivity contribution in [1.29, 1.82) is 0 Å². The summed E-state index contributed by atoms with van der Waals surface area (Å²) in [5.41, 5.74) is 1.54. The van der Waals surface area contributed by atoms with E-state index in [1.54, 1.807) is 5.54 Å². The molecule has 1 nitrogen and oxygen atoms in total. The zero-order chi connectivity index (χ0) is 8.10. The van der Waals surface area contributed by atoms with Crippen LogP contribution in [0.5, 0.6) is 0 Å². The molecule has 0 amide bonds. The normalized spacial score (nSPS) is 32.9. The number of hydrogen-bond donors (Lipinski definition) is 1. The molecule has 64 valence electrons. The van der Waals surface area contributed by atoms with E-state index in [9.17, 15) is 5.11 Å². The van der Waals surface area contributed by atoms with Crippen LogP contribution in [0.4, 0.5) is 0 Å². The van der Waals surface area contributed by atoms with Crippen LogP contribution in [-0.4, -0.2) is 11.2 Å². The van der Waals surface area contributed by atoms with Crippen LogP contribution in [-0.2, 0) is 0 Å². The van der Waals surface area contributed by atoms with Crippen molar-refractivity contribution in [2.45, 2.75) is 38.2 Å². The lowest BCUT2D eigenvalue weighted by atomic mass is 9.84. The zero-order valence-corrected chi connectivity index (χ0v) is 7.43. The van der Waals surface area contributed by atoms with E-state index in [1.165, 1.54) is 12.8 Å². The number of aliphatic hydroxyl groups excluding tert-OH is 1. The number of aliphatic hydroxyl groups is 1. The number of hydrogen-bond acceptors (Lipinski definition) is 1. The van der Waals surface area contributed by atoms with Gasteiger partial charge in [0.2, 0.25) is 0 Å². The number of halogens is 1. The van der Waals surface area contributed by atoms with Crippen LogP contribution >= 0.6 is 11.6 Å². The Hall–Kier alpha value is -0.0100. The van der Waals surface area contributed by atoms with Gasteiger partial charge in [0.1, 0.15) is 0 Å². The molecule has 0 aromatic rings. The third-order valence-corrected chi connectivity index (χ3v) is 2.58. The molecule has 0 saturated heterocycles. The first-order valence-corrected chi connectivity index (χ1v) is 4.71. The largest absolute Gasteiger partial charge is 0.393 e. The van der Waals surface area contributed by atoms with Gasteiger partial charge in [-0.2, -0.15) is 0 Å². The van der Waals surface area contributed by atoms with E-state index in [4.69, 9.17) is 11.6 Å². The van der Waals surface area contributed by atoms with E-state index < -0.39 is 0 Å². The van der Waals surface area contributed by atoms with E-state index in [-0.39, 0.29) is 6.10 Å². The quantitative estimate of drug-likeness (QED) is 0.683. The average Bonchev–Trinajstić information content (AvgIpc) is 2.03. The molecule has 1 N–H and O–H groups in total. The summed E-state index contributed by atoms with van der Waals surface area (Å²) in [6.07, 6.45) is 7.35. The van der Waals surface area contributed by atoms with Gasteiger partial charge >= 0.3 is 0 Å². The van der Waals surface area contributed by atoms with Gasteiger partial charge in [-0.05, 0) is 25.2 Å². The maximum Gasteiger partial charge on any atom is 0.0571 e. The molecule has 1 rings (SSSR count). The van der Waals surface area contributed by atoms with Gasteiger partial charge in [-0.25, -0.2) is 0 Å². The maximum atomic E-state index is 9.52. The molecule has 1 aliphatic rings. The molecular formula is C9H15ClO. The fraction of sp³-hybridized carbons (Fsp3) is 0.778. The molecule has 11 heavy (non-hydrogen) atoms. The second-order valence-corrected chi connectivity index (χ2v) is 3.46. The Labute approximate surface area is 73.1 Å². The number of allylic oxidation sites excluding steroid dienone is 1. The van der Waals surface area contributed by atoms with Gasteiger partial charge in [0.25, 0.3) is 0 Å². The summed E-state index contributed by atoms with van der Waals surface area (Å²) in [6.45, 7) is 0. The summed E-state index contributed by atoms with van der Waals surface area (Å²) in [7, 11) is 0. The summed E-state index contributed by atoms with van der Waals surface area (Å²) in [5.74, 6) is 0.457. The highest BCUT2D eigenvalue weighted by Gasteiger charge is 2.21. The van der Waals surface area contributed by atoms with Gasteiger partial charge in [0.15, 0.2) is 0 Å². The molecule has 2 atom stereocenters. The predicted octanol–water partition coefficient (Wildman–Crippen LogP) is 2.68. The van der Waals surface area contributed by atoms with E-state index in [2.05, 4.69) is 0 Å². The third kappa shape index (κ3) is 2.84. The summed E-state index contributed by atoms with van der Waals surface area (Å²) in [6, 6.07) is 0. The first kappa shape index (κ1) is 9.08. The highest BCUT2D eigenvalue weighted by molar-refractivity contribution is 6.25. The fourth-order valence-corrected chi connectivity index (χ4v) is 1.79. The van der Waals surface area contributed by atoms with Gasteiger partial charge in [-0.3, -0.25) is 0 Å². The van der Waals surface area contributed by atoms with Crippen molar-refractivity contribution >= 4 is 11.6 Å². The molecule has 1 fully saturated rings. The summed E-state index contributed by atoms with van der Waals surface area (Å²) in [5, 5.41) is 9.52. The van der Waals surface area contributed by atoms with E-state index in [0.29, 0.717) is 5.92 Å². The molecule has 1 saturated carbocycles. The van der Waals surface area contributed by atoms with Gasteiger partial charge in [0.05, 0.1) is 6.10 Å². The zero-order valence-electron chi connectivity index (χ0n) is 6.67. The monoisotopic (exact) mass is 174 g/mol. The Morgan fingerprint density at radius 1 is 1.36 bits per heavy atom. The van der Waals surface area contributed by atoms with Crippen LogP contribution < -0.4 is 0 Å². The van der Waals surface area contributed by atoms with E-state index in [0.717, 1.165) is 19.3 Å². The molecule has 0 aliphatic heterocycles. The smallest absolute Gasteiger partial charge is 0.0571 e. The van der Waals surface area contributed by atoms with Crippen molar-refractivity contribution in [3.05, 3.63) is 11.6 Å². The molecule has 0 aromatic heterocycles. The van der Waals surface area contributed by atoms with Crippen molar-refractivity contribution in [3.63, 3.8) is 0 Å². The molecule has 1 aliphatic carbocycles. The lowest BCUT2D eigenvalue weighted by Crippen LogP contribution is -2.23. The lowest BCUT2D eigenvalue weighted by Gasteiger charge is -2.26. The maximum absolute atomic E-state index is 9.52. The topological polar surface area (TPSA) is 20.2 Å². The molecule has 0 bridgehead atoms. The van der Waals surface area contributed by atoms with Gasteiger partial charge in [0, 0.05) is 5.54 Å². The minimum Gasteiger partial charge on any atom is -0.393 e. The first-order valence-electron chi connectivity index (χ1n) is 4.28. The van der Waals surface area contributed by atoms with Crippen molar-refractivity contribution in [3.8, 4) is 0 Å². The molecule has 2 unspecified atom stereocenters. The highest BCUT2D eigenvalue weighted by atomic mass is 35.5. The molecular weight excluding hydrogens is 160 g/mol. The second-order valence-electron chi connectivity index (χ2n) is 3.21. The van der Waals surface area contributed by atoms with Gasteiger partial charge in [-0.1, -0.05) is 30.5 Å². The van der Waals surface area contributed by atoms with Crippen LogP contribution in [0.15, 0.2) is 11.6 Å². The van der Waals surface area contributed by atoms with Gasteiger partial charge in [-0.15, -0.1) is 0 Å². The van der Waals surface area contributed by atoms with Crippen molar-refractivity contribution in [2.75, 3.05) is 0 Å². The Kier molecular flexibility index (Phi) is 3.95. The predicted molar refractivity (Wildman–Crippen MR) is 47.6 cm³/mol. The Morgan fingerprint density at radius 2 is 2.09 bits per heavy atom. The van der Waals surface area contributed by atoms with Gasteiger partial charge < -0.3 is 5.11 Å². The van der Waals surface area contributed by atoms with E-state index >= 15 is 0 Å². The first-order chi connectivity index (χ1) is 5.34. The van der Waals surface area contributed by atoms with Crippen molar-refractivity contribution in [2.24, 2.45) is 5.92 Å². The number of rotatable bonds is 2. The summed E-state index contributed by atoms with van der Waals surface area (Å²) < 4.78 is 0. The fourth-order valence-electron chi connectivity index (χ4n) is 1.69. The standard InChI is InChI=1S/C9H15ClO/c10-7-3-5-8-4-1-2-6-9(8)11/h3,7-9,11H,1-2,4-6H2/b7-3+. The van der Waals surface area contributed by atoms with Crippen LogP contribution in [0.25, 0.3) is 0 Å². The SMILES string of the molecule is OC1CCCCC1C/C=C/Cl. The highest BCUT2D eigenvalue weighted by Crippen LogP contribution is 2.27. The Bertz CT molecular complexity index is 134. The van der Waals surface area contributed by atoms with E-state index in [1.807, 2.05) is 6.08 Å².